The zero-order valence-corrected chi connectivity index (χ0v) is 6.37. The Morgan fingerprint density at radius 1 is 1.73 bits per heavy atom. The van der Waals surface area contributed by atoms with Gasteiger partial charge in [-0.1, -0.05) is 12.7 Å². The van der Waals surface area contributed by atoms with Gasteiger partial charge in [-0.2, -0.15) is 0 Å². The van der Waals surface area contributed by atoms with Crippen LogP contribution in [-0.2, 0) is 4.79 Å². The van der Waals surface area contributed by atoms with Gasteiger partial charge in [0, 0.05) is 7.05 Å². The second-order valence-electron chi connectivity index (χ2n) is 1.87. The molecule has 0 aliphatic rings. The van der Waals surface area contributed by atoms with Crippen molar-refractivity contribution in [2.45, 2.75) is 0 Å². The van der Waals surface area contributed by atoms with Gasteiger partial charge in [0.05, 0.1) is 0 Å². The Hall–Kier alpha value is -1.33. The van der Waals surface area contributed by atoms with E-state index in [4.69, 9.17) is 11.7 Å². The van der Waals surface area contributed by atoms with E-state index in [0.29, 0.717) is 0 Å². The van der Waals surface area contributed by atoms with E-state index in [2.05, 4.69) is 6.58 Å². The lowest BCUT2D eigenvalue weighted by atomic mass is 10.3. The van der Waals surface area contributed by atoms with Gasteiger partial charge in [-0.15, -0.1) is 0 Å². The summed E-state index contributed by atoms with van der Waals surface area (Å²) >= 11 is 0. The molecule has 0 aliphatic heterocycles. The molecule has 0 unspecified atom stereocenters. The number of nitrogens with one attached hydrogen (secondary N) is 1. The number of nitrogens with zero attached hydrogens (tertiary/aromatic N) is 1. The molecule has 0 saturated carbocycles. The molecule has 0 bridgehead atoms. The minimum Gasteiger partial charge on any atom is -0.309 e. The first kappa shape index (κ1) is 9.67. The zero-order valence-electron chi connectivity index (χ0n) is 6.37. The molecule has 5 nitrogen and oxygen atoms in total. The summed E-state index contributed by atoms with van der Waals surface area (Å²) in [5.41, 5.74) is 2.21. The summed E-state index contributed by atoms with van der Waals surface area (Å²) in [4.78, 5) is 10.9. The topological polar surface area (TPSA) is 84.4 Å². The Morgan fingerprint density at radius 3 is 2.55 bits per heavy atom. The van der Waals surface area contributed by atoms with Gasteiger partial charge in [0.15, 0.2) is 0 Å². The smallest absolute Gasteiger partial charge is 0.282 e. The fourth-order valence-corrected chi connectivity index (χ4v) is 0.539. The van der Waals surface area contributed by atoms with Crippen molar-refractivity contribution in [1.82, 2.24) is 10.4 Å². The van der Waals surface area contributed by atoms with Crippen LogP contribution in [0.25, 0.3) is 0 Å². The van der Waals surface area contributed by atoms with E-state index < -0.39 is 5.91 Å². The van der Waals surface area contributed by atoms with Crippen molar-refractivity contribution in [3.8, 4) is 0 Å². The second-order valence-corrected chi connectivity index (χ2v) is 1.87. The van der Waals surface area contributed by atoms with Gasteiger partial charge in [0.2, 0.25) is 0 Å². The molecule has 0 radical (unpaired) electrons. The van der Waals surface area contributed by atoms with Crippen LogP contribution in [0.2, 0.25) is 0 Å². The number of nitrogens with two attached hydrogens (primary N) is 2. The van der Waals surface area contributed by atoms with E-state index in [1.807, 2.05) is 5.43 Å². The van der Waals surface area contributed by atoms with Crippen LogP contribution in [0.3, 0.4) is 0 Å². The molecular formula is C6H12N4O. The van der Waals surface area contributed by atoms with Crippen LogP contribution in [-0.4, -0.2) is 18.0 Å². The van der Waals surface area contributed by atoms with Gasteiger partial charge in [-0.25, -0.2) is 11.7 Å². The minimum absolute atomic E-state index is 0.252. The van der Waals surface area contributed by atoms with E-state index in [9.17, 15) is 4.79 Å². The molecule has 1 amide bonds. The molecule has 0 saturated heterocycles. The summed E-state index contributed by atoms with van der Waals surface area (Å²) in [7, 11) is 1.53. The molecular weight excluding hydrogens is 144 g/mol. The largest absolute Gasteiger partial charge is 0.309 e. The summed E-state index contributed by atoms with van der Waals surface area (Å²) in [6.07, 6.45) is 2.91. The zero-order chi connectivity index (χ0) is 8.85. The van der Waals surface area contributed by atoms with E-state index in [0.717, 1.165) is 5.01 Å². The maximum atomic E-state index is 10.9. The number of amides is 1. The second kappa shape index (κ2) is 4.48. The highest BCUT2D eigenvalue weighted by molar-refractivity contribution is 5.92. The van der Waals surface area contributed by atoms with Crippen molar-refractivity contribution in [2.75, 3.05) is 7.05 Å². The van der Waals surface area contributed by atoms with Crippen LogP contribution in [0.4, 0.5) is 0 Å². The Morgan fingerprint density at radius 2 is 2.27 bits per heavy atom. The Kier molecular flexibility index (Phi) is 3.94. The van der Waals surface area contributed by atoms with Crippen molar-refractivity contribution in [3.05, 3.63) is 24.4 Å². The third kappa shape index (κ3) is 2.83. The molecule has 0 spiro atoms. The summed E-state index contributed by atoms with van der Waals surface area (Å²) in [6.45, 7) is 3.42. The predicted octanol–water partition coefficient (Wildman–Crippen LogP) is -1.15. The van der Waals surface area contributed by atoms with Gasteiger partial charge in [0.25, 0.3) is 5.91 Å². The molecule has 11 heavy (non-hydrogen) atoms. The Labute approximate surface area is 65.3 Å². The lowest BCUT2D eigenvalue weighted by Crippen LogP contribution is -2.39. The molecule has 0 atom stereocenters. The molecule has 0 fully saturated rings. The lowest BCUT2D eigenvalue weighted by Gasteiger charge is -2.13. The number of hydrazine groups is 2. The first-order valence-electron chi connectivity index (χ1n) is 2.95. The van der Waals surface area contributed by atoms with Gasteiger partial charge >= 0.3 is 0 Å². The SMILES string of the molecule is C=C/C=C(/C(=O)NN)N(C)N. The number of rotatable bonds is 3. The van der Waals surface area contributed by atoms with Crippen molar-refractivity contribution >= 4 is 5.91 Å². The maximum absolute atomic E-state index is 10.9. The molecule has 5 N–H and O–H groups in total. The third-order valence-corrected chi connectivity index (χ3v) is 1.02. The number of carbonyl (C=O) groups is 1. The van der Waals surface area contributed by atoms with Gasteiger partial charge in [-0.3, -0.25) is 10.2 Å². The van der Waals surface area contributed by atoms with E-state index in [1.165, 1.54) is 19.2 Å². The standard InChI is InChI=1S/C6H12N4O/c1-3-4-5(10(2)8)6(11)9-7/h3-4H,1,7-8H2,2H3,(H,9,11)/b5-4-. The molecule has 0 aromatic rings. The lowest BCUT2D eigenvalue weighted by molar-refractivity contribution is -0.118. The Bertz CT molecular complexity index is 185. The summed E-state index contributed by atoms with van der Waals surface area (Å²) in [5.74, 6) is 9.74. The molecule has 0 aliphatic carbocycles. The van der Waals surface area contributed by atoms with Gasteiger partial charge in [-0.05, 0) is 6.08 Å². The molecule has 62 valence electrons. The van der Waals surface area contributed by atoms with Crippen LogP contribution < -0.4 is 17.1 Å². The number of hydrogen-bond acceptors (Lipinski definition) is 4. The fourth-order valence-electron chi connectivity index (χ4n) is 0.539. The van der Waals surface area contributed by atoms with E-state index >= 15 is 0 Å². The number of hydrogen-bond donors (Lipinski definition) is 3. The third-order valence-electron chi connectivity index (χ3n) is 1.02. The summed E-state index contributed by atoms with van der Waals surface area (Å²) in [6, 6.07) is 0. The van der Waals surface area contributed by atoms with Crippen LogP contribution in [0, 0.1) is 0 Å². The maximum Gasteiger partial charge on any atom is 0.282 e. The number of allylic oxidation sites excluding steroid dienone is 2. The predicted molar refractivity (Wildman–Crippen MR) is 42.6 cm³/mol. The molecule has 0 aromatic heterocycles. The first-order chi connectivity index (χ1) is 5.13. The van der Waals surface area contributed by atoms with E-state index in [-0.39, 0.29) is 5.70 Å². The molecule has 0 heterocycles. The van der Waals surface area contributed by atoms with Crippen molar-refractivity contribution in [2.24, 2.45) is 11.7 Å². The van der Waals surface area contributed by atoms with Crippen LogP contribution in [0.5, 0.6) is 0 Å². The van der Waals surface area contributed by atoms with Crippen LogP contribution >= 0.6 is 0 Å². The van der Waals surface area contributed by atoms with Crippen LogP contribution in [0.1, 0.15) is 0 Å². The molecule has 0 aromatic carbocycles. The summed E-state index contributed by atoms with van der Waals surface area (Å²) < 4.78 is 0. The Balaban J connectivity index is 4.47. The monoisotopic (exact) mass is 156 g/mol. The highest BCUT2D eigenvalue weighted by Gasteiger charge is 2.07. The van der Waals surface area contributed by atoms with Gasteiger partial charge in [0.1, 0.15) is 5.70 Å². The van der Waals surface area contributed by atoms with Gasteiger partial charge < -0.3 is 5.01 Å². The highest BCUT2D eigenvalue weighted by Crippen LogP contribution is 1.94. The average molecular weight is 156 g/mol. The average Bonchev–Trinajstić information content (AvgIpc) is 1.98. The molecule has 5 heteroatoms. The number of carbonyl (C=O) groups excluding carboxylic acids is 1. The van der Waals surface area contributed by atoms with Crippen LogP contribution in [0.15, 0.2) is 24.4 Å². The first-order valence-corrected chi connectivity index (χ1v) is 2.95. The van der Waals surface area contributed by atoms with Crippen molar-refractivity contribution in [1.29, 1.82) is 0 Å². The van der Waals surface area contributed by atoms with E-state index in [1.54, 1.807) is 0 Å². The normalized spacial score (nSPS) is 10.6. The minimum atomic E-state index is -0.449. The summed E-state index contributed by atoms with van der Waals surface area (Å²) in [5, 5.41) is 1.16. The fraction of sp³-hybridized carbons (Fsp3) is 0.167. The quantitative estimate of drug-likeness (QED) is 0.158. The highest BCUT2D eigenvalue weighted by atomic mass is 16.2. The molecule has 0 rings (SSSR count). The van der Waals surface area contributed by atoms with Crippen molar-refractivity contribution in [3.63, 3.8) is 0 Å². The van der Waals surface area contributed by atoms with Crippen molar-refractivity contribution < 1.29 is 4.79 Å². The number of likely N-dealkylation sites (N-methyl/N-ethyl adjacent to an activating group) is 1.